The topological polar surface area (TPSA) is 81.5 Å². The Morgan fingerprint density at radius 3 is 2.74 bits per heavy atom. The number of alkyl halides is 2. The zero-order valence-electron chi connectivity index (χ0n) is 10.3. The first kappa shape index (κ1) is 15.4. The van der Waals surface area contributed by atoms with E-state index in [2.05, 4.69) is 9.97 Å². The molecular weight excluding hydrogens is 262 g/mol. The van der Waals surface area contributed by atoms with Crippen LogP contribution in [0.2, 0.25) is 0 Å². The fourth-order valence-corrected chi connectivity index (χ4v) is 1.29. The first-order valence-electron chi connectivity index (χ1n) is 5.50. The van der Waals surface area contributed by atoms with Crippen LogP contribution in [0.5, 0.6) is 0 Å². The molecule has 0 atom stereocenters. The maximum absolute atomic E-state index is 12.7. The van der Waals surface area contributed by atoms with E-state index < -0.39 is 23.7 Å². The molecule has 1 N–H and O–H groups in total. The van der Waals surface area contributed by atoms with E-state index >= 15 is 0 Å². The van der Waals surface area contributed by atoms with Crippen molar-refractivity contribution < 1.29 is 28.2 Å². The summed E-state index contributed by atoms with van der Waals surface area (Å²) in [7, 11) is 1.53. The predicted molar refractivity (Wildman–Crippen MR) is 60.3 cm³/mol. The number of hydrogen-bond donors (Lipinski definition) is 1. The summed E-state index contributed by atoms with van der Waals surface area (Å²) in [5, 5.41) is 8.73. The Morgan fingerprint density at radius 2 is 2.16 bits per heavy atom. The molecule has 0 aliphatic carbocycles. The van der Waals surface area contributed by atoms with Gasteiger partial charge >= 0.3 is 5.97 Å². The Bertz CT molecular complexity index is 429. The molecule has 19 heavy (non-hydrogen) atoms. The Kier molecular flexibility index (Phi) is 6.23. The third-order valence-corrected chi connectivity index (χ3v) is 2.21. The van der Waals surface area contributed by atoms with E-state index in [1.807, 2.05) is 0 Å². The van der Waals surface area contributed by atoms with Gasteiger partial charge in [-0.3, -0.25) is 0 Å². The number of hydrogen-bond acceptors (Lipinski definition) is 5. The quantitative estimate of drug-likeness (QED) is 0.721. The van der Waals surface area contributed by atoms with E-state index in [1.165, 1.54) is 7.11 Å². The van der Waals surface area contributed by atoms with Crippen molar-refractivity contribution in [3.8, 4) is 0 Å². The summed E-state index contributed by atoms with van der Waals surface area (Å²) < 4.78 is 35.2. The van der Waals surface area contributed by atoms with Crippen LogP contribution in [0.3, 0.4) is 0 Å². The average molecular weight is 276 g/mol. The van der Waals surface area contributed by atoms with Crippen molar-refractivity contribution in [2.75, 3.05) is 26.9 Å². The Labute approximate surface area is 108 Å². The van der Waals surface area contributed by atoms with Gasteiger partial charge in [0.25, 0.3) is 6.43 Å². The molecule has 0 bridgehead atoms. The highest BCUT2D eigenvalue weighted by Gasteiger charge is 2.20. The fourth-order valence-electron chi connectivity index (χ4n) is 1.29. The lowest BCUT2D eigenvalue weighted by atomic mass is 10.2. The number of carboxylic acids is 1. The summed E-state index contributed by atoms with van der Waals surface area (Å²) >= 11 is 0. The number of carbonyl (C=O) groups is 1. The molecule has 0 fully saturated rings. The van der Waals surface area contributed by atoms with Crippen LogP contribution in [0.4, 0.5) is 8.78 Å². The van der Waals surface area contributed by atoms with Crippen LogP contribution in [0.25, 0.3) is 0 Å². The van der Waals surface area contributed by atoms with Gasteiger partial charge in [-0.2, -0.15) is 0 Å². The first-order valence-corrected chi connectivity index (χ1v) is 5.50. The van der Waals surface area contributed by atoms with E-state index in [0.29, 0.717) is 13.2 Å². The van der Waals surface area contributed by atoms with Gasteiger partial charge in [-0.15, -0.1) is 0 Å². The molecule has 0 aliphatic heterocycles. The minimum absolute atomic E-state index is 0.123. The van der Waals surface area contributed by atoms with E-state index in [4.69, 9.17) is 14.6 Å². The Morgan fingerprint density at radius 1 is 1.42 bits per heavy atom. The summed E-state index contributed by atoms with van der Waals surface area (Å²) in [5.74, 6) is -1.35. The lowest BCUT2D eigenvalue weighted by Gasteiger charge is -2.07. The van der Waals surface area contributed by atoms with Crippen LogP contribution in [0.15, 0.2) is 6.20 Å². The number of aromatic carboxylic acids is 1. The van der Waals surface area contributed by atoms with Gasteiger partial charge in [0.15, 0.2) is 0 Å². The average Bonchev–Trinajstić information content (AvgIpc) is 2.38. The Balaban J connectivity index is 2.65. The van der Waals surface area contributed by atoms with E-state index in [9.17, 15) is 13.6 Å². The second-order valence-corrected chi connectivity index (χ2v) is 3.55. The summed E-state index contributed by atoms with van der Waals surface area (Å²) in [4.78, 5) is 18.0. The first-order chi connectivity index (χ1) is 9.06. The highest BCUT2D eigenvalue weighted by Crippen LogP contribution is 2.20. The van der Waals surface area contributed by atoms with Crippen molar-refractivity contribution >= 4 is 5.97 Å². The molecule has 0 aromatic carbocycles. The third kappa shape index (κ3) is 4.84. The molecular formula is C11H14F2N2O4. The molecule has 0 aliphatic rings. The van der Waals surface area contributed by atoms with Crippen LogP contribution in [-0.2, 0) is 15.9 Å². The fraction of sp³-hybridized carbons (Fsp3) is 0.545. The zero-order valence-corrected chi connectivity index (χ0v) is 10.3. The molecule has 6 nitrogen and oxygen atoms in total. The van der Waals surface area contributed by atoms with Gasteiger partial charge in [0, 0.05) is 19.7 Å². The third-order valence-electron chi connectivity index (χ3n) is 2.21. The number of aromatic nitrogens is 2. The largest absolute Gasteiger partial charge is 0.478 e. The zero-order chi connectivity index (χ0) is 14.3. The van der Waals surface area contributed by atoms with E-state index in [0.717, 1.165) is 6.20 Å². The monoisotopic (exact) mass is 276 g/mol. The summed E-state index contributed by atoms with van der Waals surface area (Å²) in [6.07, 6.45) is -1.84. The molecule has 1 rings (SSSR count). The maximum atomic E-state index is 12.7. The molecule has 106 valence electrons. The van der Waals surface area contributed by atoms with Crippen LogP contribution >= 0.6 is 0 Å². The van der Waals surface area contributed by atoms with Gasteiger partial charge in [-0.25, -0.2) is 23.5 Å². The number of rotatable bonds is 8. The van der Waals surface area contributed by atoms with Crippen molar-refractivity contribution in [3.05, 3.63) is 23.3 Å². The van der Waals surface area contributed by atoms with Crippen LogP contribution in [0, 0.1) is 0 Å². The lowest BCUT2D eigenvalue weighted by molar-refractivity contribution is 0.0679. The van der Waals surface area contributed by atoms with E-state index in [1.54, 1.807) is 0 Å². The van der Waals surface area contributed by atoms with Crippen molar-refractivity contribution in [1.82, 2.24) is 9.97 Å². The van der Waals surface area contributed by atoms with Crippen molar-refractivity contribution in [2.45, 2.75) is 12.8 Å². The minimum Gasteiger partial charge on any atom is -0.478 e. The van der Waals surface area contributed by atoms with Crippen molar-refractivity contribution in [1.29, 1.82) is 0 Å². The lowest BCUT2D eigenvalue weighted by Crippen LogP contribution is -2.12. The number of nitrogens with zero attached hydrogens (tertiary/aromatic N) is 2. The molecule has 0 saturated carbocycles. The molecule has 0 spiro atoms. The molecule has 1 aromatic rings. The van der Waals surface area contributed by atoms with Gasteiger partial charge in [-0.1, -0.05) is 0 Å². The molecule has 0 unspecified atom stereocenters. The molecule has 8 heteroatoms. The predicted octanol–water partition coefficient (Wildman–Crippen LogP) is 1.32. The standard InChI is InChI=1S/C11H14F2N2O4/c1-18-4-5-19-3-2-8-14-6-7(11(16)17)9(15-8)10(12)13/h6,10H,2-5H2,1H3,(H,16,17). The SMILES string of the molecule is COCCOCCc1ncc(C(=O)O)c(C(F)F)n1. The van der Waals surface area contributed by atoms with Crippen LogP contribution in [0.1, 0.15) is 28.3 Å². The molecule has 0 radical (unpaired) electrons. The maximum Gasteiger partial charge on any atom is 0.339 e. The summed E-state index contributed by atoms with van der Waals surface area (Å²) in [6, 6.07) is 0. The van der Waals surface area contributed by atoms with Crippen molar-refractivity contribution in [3.63, 3.8) is 0 Å². The molecule has 1 aromatic heterocycles. The number of halogens is 2. The van der Waals surface area contributed by atoms with Gasteiger partial charge < -0.3 is 14.6 Å². The normalized spacial score (nSPS) is 10.9. The Hall–Kier alpha value is -1.67. The van der Waals surface area contributed by atoms with Gasteiger partial charge in [0.1, 0.15) is 17.1 Å². The van der Waals surface area contributed by atoms with E-state index in [-0.39, 0.29) is 18.9 Å². The van der Waals surface area contributed by atoms with Gasteiger partial charge in [0.2, 0.25) is 0 Å². The number of carboxylic acid groups (broad SMARTS) is 1. The van der Waals surface area contributed by atoms with Crippen LogP contribution in [-0.4, -0.2) is 48.0 Å². The highest BCUT2D eigenvalue weighted by molar-refractivity contribution is 5.88. The van der Waals surface area contributed by atoms with Gasteiger partial charge in [0.05, 0.1) is 19.8 Å². The minimum atomic E-state index is -2.96. The second kappa shape index (κ2) is 7.70. The van der Waals surface area contributed by atoms with Crippen LogP contribution < -0.4 is 0 Å². The molecule has 0 saturated heterocycles. The van der Waals surface area contributed by atoms with Crippen molar-refractivity contribution in [2.24, 2.45) is 0 Å². The number of methoxy groups -OCH3 is 1. The summed E-state index contributed by atoms with van der Waals surface area (Å²) in [6.45, 7) is 1.06. The highest BCUT2D eigenvalue weighted by atomic mass is 19.3. The number of ether oxygens (including phenoxy) is 2. The molecule has 0 amide bonds. The molecule has 1 heterocycles. The summed E-state index contributed by atoms with van der Waals surface area (Å²) in [5.41, 5.74) is -1.35. The van der Waals surface area contributed by atoms with Gasteiger partial charge in [-0.05, 0) is 0 Å². The smallest absolute Gasteiger partial charge is 0.339 e. The second-order valence-electron chi connectivity index (χ2n) is 3.55.